The number of esters is 1. The van der Waals surface area contributed by atoms with E-state index >= 15 is 0 Å². The minimum atomic E-state index is -3.50. The first-order chi connectivity index (χ1) is 12.4. The summed E-state index contributed by atoms with van der Waals surface area (Å²) in [5.41, 5.74) is -1.00. The molecule has 0 bridgehead atoms. The molecule has 3 atom stereocenters. The van der Waals surface area contributed by atoms with Crippen LogP contribution in [0.1, 0.15) is 40.5 Å². The number of nitrogens with zero attached hydrogens (tertiary/aromatic N) is 1. The molecule has 0 aromatic rings. The van der Waals surface area contributed by atoms with Crippen LogP contribution < -0.4 is 0 Å². The second-order valence-electron chi connectivity index (χ2n) is 8.02. The largest absolute Gasteiger partial charge is 0.464 e. The first kappa shape index (κ1) is 21.9. The van der Waals surface area contributed by atoms with Crippen molar-refractivity contribution in [3.63, 3.8) is 0 Å². The summed E-state index contributed by atoms with van der Waals surface area (Å²) in [6.45, 7) is 7.59. The predicted octanol–water partition coefficient (Wildman–Crippen LogP) is 1.31. The van der Waals surface area contributed by atoms with Gasteiger partial charge in [-0.05, 0) is 40.5 Å². The molecule has 0 aromatic carbocycles. The number of carbonyl (C=O) groups is 2. The van der Waals surface area contributed by atoms with Gasteiger partial charge in [0.05, 0.1) is 32.7 Å². The van der Waals surface area contributed by atoms with Crippen molar-refractivity contribution in [3.05, 3.63) is 0 Å². The fourth-order valence-electron chi connectivity index (χ4n) is 3.38. The SMILES string of the molecule is CCOC(=O)[C@@H]1C[C@]2(COCCOS(C)(=O)=O)C[C@@H]2N1C(=O)OC(C)(C)C. The summed E-state index contributed by atoms with van der Waals surface area (Å²) in [7, 11) is -3.50. The fraction of sp³-hybridized carbons (Fsp3) is 0.882. The zero-order chi connectivity index (χ0) is 20.5. The van der Waals surface area contributed by atoms with E-state index in [4.69, 9.17) is 14.2 Å². The maximum absolute atomic E-state index is 12.6. The first-order valence-electron chi connectivity index (χ1n) is 8.99. The molecule has 1 heterocycles. The van der Waals surface area contributed by atoms with E-state index in [0.717, 1.165) is 6.26 Å². The van der Waals surface area contributed by atoms with Crippen molar-refractivity contribution in [2.45, 2.75) is 58.2 Å². The van der Waals surface area contributed by atoms with Gasteiger partial charge in [-0.1, -0.05) is 0 Å². The molecule has 1 aliphatic carbocycles. The summed E-state index contributed by atoms with van der Waals surface area (Å²) in [6, 6.07) is -0.855. The van der Waals surface area contributed by atoms with Crippen molar-refractivity contribution >= 4 is 22.2 Å². The topological polar surface area (TPSA) is 108 Å². The lowest BCUT2D eigenvalue weighted by Gasteiger charge is -2.29. The minimum absolute atomic E-state index is 0.0728. The van der Waals surface area contributed by atoms with Crippen molar-refractivity contribution in [2.75, 3.05) is 32.7 Å². The summed E-state index contributed by atoms with van der Waals surface area (Å²) >= 11 is 0. The summed E-state index contributed by atoms with van der Waals surface area (Å²) in [6.07, 6.45) is 1.57. The number of fused-ring (bicyclic) bond motifs is 1. The number of carbonyl (C=O) groups excluding carboxylic acids is 2. The molecule has 27 heavy (non-hydrogen) atoms. The van der Waals surface area contributed by atoms with E-state index in [1.54, 1.807) is 27.7 Å². The van der Waals surface area contributed by atoms with Gasteiger partial charge in [0, 0.05) is 11.5 Å². The molecule has 0 radical (unpaired) electrons. The Kier molecular flexibility index (Phi) is 6.43. The highest BCUT2D eigenvalue weighted by Crippen LogP contribution is 2.60. The maximum Gasteiger partial charge on any atom is 0.411 e. The average molecular weight is 407 g/mol. The molecule has 2 fully saturated rings. The van der Waals surface area contributed by atoms with Gasteiger partial charge in [-0.3, -0.25) is 9.08 Å². The van der Waals surface area contributed by atoms with E-state index < -0.39 is 33.8 Å². The first-order valence-corrected chi connectivity index (χ1v) is 10.8. The van der Waals surface area contributed by atoms with E-state index in [9.17, 15) is 18.0 Å². The number of amides is 1. The molecule has 9 nitrogen and oxygen atoms in total. The normalized spacial score (nSPS) is 27.2. The van der Waals surface area contributed by atoms with Crippen molar-refractivity contribution in [3.8, 4) is 0 Å². The lowest BCUT2D eigenvalue weighted by Crippen LogP contribution is -2.46. The van der Waals surface area contributed by atoms with Crippen LogP contribution in [-0.2, 0) is 33.3 Å². The second kappa shape index (κ2) is 7.92. The molecule has 10 heteroatoms. The summed E-state index contributed by atoms with van der Waals surface area (Å²) in [5, 5.41) is 0. The molecule has 0 spiro atoms. The molecule has 1 saturated carbocycles. The van der Waals surface area contributed by atoms with Crippen LogP contribution in [0.5, 0.6) is 0 Å². The highest BCUT2D eigenvalue weighted by molar-refractivity contribution is 7.85. The van der Waals surface area contributed by atoms with Gasteiger partial charge in [0.2, 0.25) is 0 Å². The van der Waals surface area contributed by atoms with E-state index in [1.807, 2.05) is 0 Å². The second-order valence-corrected chi connectivity index (χ2v) is 9.66. The smallest absolute Gasteiger partial charge is 0.411 e. The van der Waals surface area contributed by atoms with Gasteiger partial charge in [-0.15, -0.1) is 0 Å². The number of hydrogen-bond acceptors (Lipinski definition) is 8. The Labute approximate surface area is 160 Å². The van der Waals surface area contributed by atoms with E-state index in [1.165, 1.54) is 4.90 Å². The number of piperidine rings is 1. The van der Waals surface area contributed by atoms with Crippen LogP contribution in [0.15, 0.2) is 0 Å². The van der Waals surface area contributed by atoms with Crippen LogP contribution in [0.25, 0.3) is 0 Å². The predicted molar refractivity (Wildman–Crippen MR) is 95.6 cm³/mol. The van der Waals surface area contributed by atoms with Crippen LogP contribution in [-0.4, -0.2) is 75.7 Å². The number of ether oxygens (including phenoxy) is 3. The van der Waals surface area contributed by atoms with Gasteiger partial charge in [0.1, 0.15) is 11.6 Å². The zero-order valence-electron chi connectivity index (χ0n) is 16.5. The average Bonchev–Trinajstić information content (AvgIpc) is 3.08. The van der Waals surface area contributed by atoms with Gasteiger partial charge in [-0.2, -0.15) is 8.42 Å². The molecule has 1 aliphatic heterocycles. The quantitative estimate of drug-likeness (QED) is 0.337. The Balaban J connectivity index is 1.98. The number of likely N-dealkylation sites (tertiary alicyclic amines) is 1. The lowest BCUT2D eigenvalue weighted by atomic mass is 10.0. The Morgan fingerprint density at radius 2 is 1.85 bits per heavy atom. The molecule has 1 saturated heterocycles. The van der Waals surface area contributed by atoms with Gasteiger partial charge in [0.25, 0.3) is 10.1 Å². The highest BCUT2D eigenvalue weighted by atomic mass is 32.2. The third-order valence-electron chi connectivity index (χ3n) is 4.50. The minimum Gasteiger partial charge on any atom is -0.464 e. The van der Waals surface area contributed by atoms with Gasteiger partial charge in [-0.25, -0.2) is 9.59 Å². The van der Waals surface area contributed by atoms with Crippen molar-refractivity contribution in [1.29, 1.82) is 0 Å². The molecule has 0 unspecified atom stereocenters. The molecule has 1 amide bonds. The van der Waals surface area contributed by atoms with Gasteiger partial charge in [0.15, 0.2) is 0 Å². The lowest BCUT2D eigenvalue weighted by molar-refractivity contribution is -0.149. The summed E-state index contributed by atoms with van der Waals surface area (Å²) in [4.78, 5) is 26.4. The number of hydrogen-bond donors (Lipinski definition) is 0. The van der Waals surface area contributed by atoms with Crippen LogP contribution in [0.3, 0.4) is 0 Å². The molecule has 2 aliphatic rings. The highest BCUT2D eigenvalue weighted by Gasteiger charge is 2.68. The molecule has 0 aromatic heterocycles. The maximum atomic E-state index is 12.6. The molecule has 156 valence electrons. The van der Waals surface area contributed by atoms with Crippen LogP contribution in [0.4, 0.5) is 4.79 Å². The third-order valence-corrected chi connectivity index (χ3v) is 5.09. The van der Waals surface area contributed by atoms with E-state index in [0.29, 0.717) is 19.4 Å². The Hall–Kier alpha value is -1.39. The Bertz CT molecular complexity index is 671. The summed E-state index contributed by atoms with van der Waals surface area (Å²) in [5.74, 6) is -0.449. The standard InChI is InChI=1S/C17H29NO8S/c1-6-24-14(19)12-9-17(11-23-7-8-25-27(5,21)22)10-13(17)18(12)15(20)26-16(2,3)4/h12-13H,6-11H2,1-5H3/t12-,13-,17+/m0/s1. The Morgan fingerprint density at radius 3 is 2.41 bits per heavy atom. The summed E-state index contributed by atoms with van der Waals surface area (Å²) < 4.78 is 42.7. The molecule has 2 rings (SSSR count). The third kappa shape index (κ3) is 5.79. The number of rotatable bonds is 8. The Morgan fingerprint density at radius 1 is 1.19 bits per heavy atom. The van der Waals surface area contributed by atoms with Crippen molar-refractivity contribution in [2.24, 2.45) is 5.41 Å². The van der Waals surface area contributed by atoms with E-state index in [-0.39, 0.29) is 31.3 Å². The van der Waals surface area contributed by atoms with Gasteiger partial charge >= 0.3 is 12.1 Å². The van der Waals surface area contributed by atoms with Crippen LogP contribution >= 0.6 is 0 Å². The van der Waals surface area contributed by atoms with E-state index in [2.05, 4.69) is 4.18 Å². The van der Waals surface area contributed by atoms with Crippen LogP contribution in [0.2, 0.25) is 0 Å². The monoisotopic (exact) mass is 407 g/mol. The molecular weight excluding hydrogens is 378 g/mol. The van der Waals surface area contributed by atoms with Crippen molar-refractivity contribution in [1.82, 2.24) is 4.90 Å². The van der Waals surface area contributed by atoms with Crippen LogP contribution in [0, 0.1) is 5.41 Å². The van der Waals surface area contributed by atoms with Crippen molar-refractivity contribution < 1.29 is 36.4 Å². The molecule has 0 N–H and O–H groups in total. The molecular formula is C17H29NO8S. The fourth-order valence-corrected chi connectivity index (χ4v) is 3.75. The van der Waals surface area contributed by atoms with Gasteiger partial charge < -0.3 is 14.2 Å². The zero-order valence-corrected chi connectivity index (χ0v) is 17.3.